The van der Waals surface area contributed by atoms with Crippen LogP contribution in [0.2, 0.25) is 0 Å². The summed E-state index contributed by atoms with van der Waals surface area (Å²) in [4.78, 5) is 4.76. The molecule has 78 valence electrons. The molecule has 0 aliphatic carbocycles. The standard InChI is InChI=1S/C10H8BrFN2S/c11-9-2-1-8(15-9)10(13)6-3-7(12)5-14-4-6/h1-5,10H,13H2. The highest BCUT2D eigenvalue weighted by Crippen LogP contribution is 2.29. The van der Waals surface area contributed by atoms with Crippen LogP contribution in [0, 0.1) is 5.82 Å². The number of hydrogen-bond donors (Lipinski definition) is 1. The lowest BCUT2D eigenvalue weighted by Gasteiger charge is -2.08. The molecule has 1 unspecified atom stereocenters. The molecule has 5 heteroatoms. The number of nitrogens with two attached hydrogens (primary N) is 1. The summed E-state index contributed by atoms with van der Waals surface area (Å²) in [6.07, 6.45) is 2.75. The molecule has 0 amide bonds. The lowest BCUT2D eigenvalue weighted by Crippen LogP contribution is -2.10. The van der Waals surface area contributed by atoms with Crippen molar-refractivity contribution in [1.82, 2.24) is 4.98 Å². The quantitative estimate of drug-likeness (QED) is 0.921. The fourth-order valence-corrected chi connectivity index (χ4v) is 2.71. The SMILES string of the molecule is NC(c1cncc(F)c1)c1ccc(Br)s1. The van der Waals surface area contributed by atoms with E-state index in [0.717, 1.165) is 8.66 Å². The van der Waals surface area contributed by atoms with Crippen LogP contribution < -0.4 is 5.73 Å². The van der Waals surface area contributed by atoms with Gasteiger partial charge >= 0.3 is 0 Å². The molecule has 0 saturated heterocycles. The van der Waals surface area contributed by atoms with Gasteiger partial charge in [0.05, 0.1) is 16.0 Å². The molecule has 0 fully saturated rings. The Labute approximate surface area is 99.1 Å². The third kappa shape index (κ3) is 2.42. The fourth-order valence-electron chi connectivity index (χ4n) is 1.26. The maximum absolute atomic E-state index is 12.9. The van der Waals surface area contributed by atoms with E-state index in [1.165, 1.54) is 23.6 Å². The molecule has 2 rings (SSSR count). The zero-order chi connectivity index (χ0) is 10.8. The molecule has 2 nitrogen and oxygen atoms in total. The summed E-state index contributed by atoms with van der Waals surface area (Å²) in [6, 6.07) is 4.94. The summed E-state index contributed by atoms with van der Waals surface area (Å²) in [5, 5.41) is 0. The van der Waals surface area contributed by atoms with E-state index < -0.39 is 0 Å². The molecule has 2 heterocycles. The number of halogens is 2. The van der Waals surface area contributed by atoms with E-state index in [4.69, 9.17) is 5.73 Å². The normalized spacial score (nSPS) is 12.7. The van der Waals surface area contributed by atoms with Gasteiger partial charge in [-0.1, -0.05) is 0 Å². The minimum Gasteiger partial charge on any atom is -0.320 e. The summed E-state index contributed by atoms with van der Waals surface area (Å²) in [7, 11) is 0. The number of rotatable bonds is 2. The molecule has 0 aromatic carbocycles. The Hall–Kier alpha value is -0.780. The Morgan fingerprint density at radius 2 is 2.20 bits per heavy atom. The molecular formula is C10H8BrFN2S. The average molecular weight is 287 g/mol. The van der Waals surface area contributed by atoms with E-state index in [1.807, 2.05) is 12.1 Å². The number of nitrogens with zero attached hydrogens (tertiary/aromatic N) is 1. The maximum Gasteiger partial charge on any atom is 0.141 e. The Kier molecular flexibility index (Phi) is 3.14. The molecule has 0 bridgehead atoms. The van der Waals surface area contributed by atoms with Crippen LogP contribution in [0.1, 0.15) is 16.5 Å². The van der Waals surface area contributed by atoms with Crippen LogP contribution in [0.4, 0.5) is 4.39 Å². The molecule has 0 radical (unpaired) electrons. The summed E-state index contributed by atoms with van der Waals surface area (Å²) >= 11 is 4.90. The number of pyridine rings is 1. The molecule has 0 aliphatic rings. The van der Waals surface area contributed by atoms with Crippen LogP contribution in [-0.4, -0.2) is 4.98 Å². The Morgan fingerprint density at radius 1 is 1.40 bits per heavy atom. The van der Waals surface area contributed by atoms with Gasteiger partial charge in [0.15, 0.2) is 0 Å². The van der Waals surface area contributed by atoms with Gasteiger partial charge in [-0.3, -0.25) is 4.98 Å². The van der Waals surface area contributed by atoms with Gasteiger partial charge < -0.3 is 5.73 Å². The van der Waals surface area contributed by atoms with Crippen molar-refractivity contribution in [3.8, 4) is 0 Å². The number of aromatic nitrogens is 1. The molecule has 1 atom stereocenters. The third-order valence-corrected chi connectivity index (χ3v) is 3.69. The van der Waals surface area contributed by atoms with Gasteiger partial charge in [-0.25, -0.2) is 4.39 Å². The molecule has 2 aromatic rings. The predicted octanol–water partition coefficient (Wildman–Crippen LogP) is 3.09. The zero-order valence-corrected chi connectivity index (χ0v) is 10.1. The van der Waals surface area contributed by atoms with Crippen molar-refractivity contribution in [1.29, 1.82) is 0 Å². The Balaban J connectivity index is 2.32. The van der Waals surface area contributed by atoms with Crippen molar-refractivity contribution in [2.75, 3.05) is 0 Å². The summed E-state index contributed by atoms with van der Waals surface area (Å²) in [5.41, 5.74) is 6.67. The number of thiophene rings is 1. The van der Waals surface area contributed by atoms with Gasteiger partial charge in [0.1, 0.15) is 5.82 Å². The summed E-state index contributed by atoms with van der Waals surface area (Å²) in [6.45, 7) is 0. The second kappa shape index (κ2) is 4.38. The predicted molar refractivity (Wildman–Crippen MR) is 62.2 cm³/mol. The van der Waals surface area contributed by atoms with Crippen molar-refractivity contribution in [3.05, 3.63) is 50.6 Å². The van der Waals surface area contributed by atoms with E-state index in [0.29, 0.717) is 5.56 Å². The molecule has 0 aliphatic heterocycles. The van der Waals surface area contributed by atoms with Gasteiger partial charge in [-0.2, -0.15) is 0 Å². The molecular weight excluding hydrogens is 279 g/mol. The molecule has 0 spiro atoms. The second-order valence-electron chi connectivity index (χ2n) is 3.06. The lowest BCUT2D eigenvalue weighted by atomic mass is 10.1. The first-order valence-electron chi connectivity index (χ1n) is 4.28. The topological polar surface area (TPSA) is 38.9 Å². The number of hydrogen-bond acceptors (Lipinski definition) is 3. The minimum atomic E-state index is -0.362. The molecule has 15 heavy (non-hydrogen) atoms. The molecule has 0 saturated carbocycles. The second-order valence-corrected chi connectivity index (χ2v) is 5.55. The highest BCUT2D eigenvalue weighted by Gasteiger charge is 2.11. The summed E-state index contributed by atoms with van der Waals surface area (Å²) < 4.78 is 13.9. The van der Waals surface area contributed by atoms with Crippen LogP contribution >= 0.6 is 27.3 Å². The van der Waals surface area contributed by atoms with Gasteiger partial charge in [0.2, 0.25) is 0 Å². The van der Waals surface area contributed by atoms with E-state index >= 15 is 0 Å². The first kappa shape index (κ1) is 10.7. The van der Waals surface area contributed by atoms with Crippen LogP contribution in [0.5, 0.6) is 0 Å². The average Bonchev–Trinajstić information content (AvgIpc) is 2.64. The van der Waals surface area contributed by atoms with Crippen molar-refractivity contribution in [3.63, 3.8) is 0 Å². The maximum atomic E-state index is 12.9. The van der Waals surface area contributed by atoms with Crippen LogP contribution in [0.3, 0.4) is 0 Å². The minimum absolute atomic E-state index is 0.315. The van der Waals surface area contributed by atoms with E-state index in [9.17, 15) is 4.39 Å². The van der Waals surface area contributed by atoms with Gasteiger partial charge in [-0.05, 0) is 39.7 Å². The van der Waals surface area contributed by atoms with E-state index in [2.05, 4.69) is 20.9 Å². The van der Waals surface area contributed by atoms with Crippen molar-refractivity contribution in [2.45, 2.75) is 6.04 Å². The van der Waals surface area contributed by atoms with Crippen LogP contribution in [-0.2, 0) is 0 Å². The van der Waals surface area contributed by atoms with Gasteiger partial charge in [0, 0.05) is 11.1 Å². The smallest absolute Gasteiger partial charge is 0.141 e. The first-order chi connectivity index (χ1) is 7.16. The third-order valence-electron chi connectivity index (χ3n) is 1.99. The van der Waals surface area contributed by atoms with Crippen molar-refractivity contribution >= 4 is 27.3 Å². The zero-order valence-electron chi connectivity index (χ0n) is 7.65. The van der Waals surface area contributed by atoms with E-state index in [-0.39, 0.29) is 11.9 Å². The van der Waals surface area contributed by atoms with Crippen molar-refractivity contribution < 1.29 is 4.39 Å². The molecule has 2 aromatic heterocycles. The Bertz CT molecular complexity index is 472. The monoisotopic (exact) mass is 286 g/mol. The fraction of sp³-hybridized carbons (Fsp3) is 0.100. The van der Waals surface area contributed by atoms with Crippen LogP contribution in [0.25, 0.3) is 0 Å². The van der Waals surface area contributed by atoms with Crippen LogP contribution in [0.15, 0.2) is 34.4 Å². The summed E-state index contributed by atoms with van der Waals surface area (Å²) in [5.74, 6) is -0.362. The Morgan fingerprint density at radius 3 is 2.80 bits per heavy atom. The highest BCUT2D eigenvalue weighted by molar-refractivity contribution is 9.11. The van der Waals surface area contributed by atoms with E-state index in [1.54, 1.807) is 6.20 Å². The lowest BCUT2D eigenvalue weighted by molar-refractivity contribution is 0.616. The van der Waals surface area contributed by atoms with Crippen molar-refractivity contribution in [2.24, 2.45) is 5.73 Å². The largest absolute Gasteiger partial charge is 0.320 e. The van der Waals surface area contributed by atoms with Gasteiger partial charge in [0.25, 0.3) is 0 Å². The highest BCUT2D eigenvalue weighted by atomic mass is 79.9. The van der Waals surface area contributed by atoms with Gasteiger partial charge in [-0.15, -0.1) is 11.3 Å². The molecule has 2 N–H and O–H groups in total. The first-order valence-corrected chi connectivity index (χ1v) is 5.89.